The Labute approximate surface area is 230 Å². The van der Waals surface area contributed by atoms with Crippen molar-refractivity contribution in [2.45, 2.75) is 79.6 Å². The van der Waals surface area contributed by atoms with Crippen molar-refractivity contribution >= 4 is 23.4 Å². The van der Waals surface area contributed by atoms with E-state index in [1.165, 1.54) is 38.3 Å². The molecule has 0 spiro atoms. The number of fused-ring (bicyclic) bond motifs is 3. The van der Waals surface area contributed by atoms with E-state index in [0.717, 1.165) is 6.42 Å². The van der Waals surface area contributed by atoms with Crippen LogP contribution >= 0.6 is 11.3 Å². The Morgan fingerprint density at radius 3 is 2.19 bits per heavy atom. The van der Waals surface area contributed by atoms with Crippen LogP contribution < -0.4 is 3.27 Å². The van der Waals surface area contributed by atoms with Crippen LogP contribution in [-0.4, -0.2) is 3.21 Å². The van der Waals surface area contributed by atoms with Gasteiger partial charge in [0.25, 0.3) is 0 Å². The summed E-state index contributed by atoms with van der Waals surface area (Å²) in [4.78, 5) is 1.41. The minimum absolute atomic E-state index is 0.125. The third kappa shape index (κ3) is 4.70. The Morgan fingerprint density at radius 1 is 0.889 bits per heavy atom. The van der Waals surface area contributed by atoms with Gasteiger partial charge >= 0.3 is 232 Å². The number of benzene rings is 2. The van der Waals surface area contributed by atoms with E-state index in [4.69, 9.17) is 0 Å². The summed E-state index contributed by atoms with van der Waals surface area (Å²) in [5, 5.41) is 2.20. The number of thiophene rings is 1. The van der Waals surface area contributed by atoms with Gasteiger partial charge in [-0.25, -0.2) is 0 Å². The van der Waals surface area contributed by atoms with E-state index < -0.39 is 21.3 Å². The molecule has 3 aromatic rings. The molecule has 36 heavy (non-hydrogen) atoms. The van der Waals surface area contributed by atoms with E-state index in [9.17, 15) is 0 Å². The standard InChI is InChI=1S/C21H25.C10H9S.C3H6.Zr/c1-20(2,3)16-9-7-14-11-15-8-10-17(21(4,5)6)13-19(15)18(14)12-16;1-8-4-5-9(7-8)10-3-2-6-11-10;1-3-2;/h7,9-10,12-13H,11H2,1-6H3;2-3,5-8H,1H3;1-2H3;. The number of allylic oxidation sites excluding steroid dienone is 4. The van der Waals surface area contributed by atoms with Crippen LogP contribution in [0.1, 0.15) is 89.4 Å². The summed E-state index contributed by atoms with van der Waals surface area (Å²) in [6, 6.07) is 16.9. The van der Waals surface area contributed by atoms with Crippen molar-refractivity contribution < 1.29 is 21.3 Å². The van der Waals surface area contributed by atoms with Gasteiger partial charge in [-0.3, -0.25) is 0 Å². The average molecular weight is 572 g/mol. The van der Waals surface area contributed by atoms with Crippen LogP contribution in [-0.2, 0) is 38.5 Å². The maximum absolute atomic E-state index is 2.63. The molecule has 1 atom stereocenters. The van der Waals surface area contributed by atoms with E-state index in [1.807, 2.05) is 11.3 Å². The van der Waals surface area contributed by atoms with Gasteiger partial charge in [0.05, 0.1) is 0 Å². The first-order valence-corrected chi connectivity index (χ1v) is 17.9. The fraction of sp³-hybridized carbons (Fsp3) is 0.382. The molecule has 0 fully saturated rings. The molecule has 0 N–H and O–H groups in total. The quantitative estimate of drug-likeness (QED) is 0.230. The van der Waals surface area contributed by atoms with E-state index in [2.05, 4.69) is 122 Å². The molecule has 0 saturated carbocycles. The zero-order valence-corrected chi connectivity index (χ0v) is 26.7. The third-order valence-corrected chi connectivity index (χ3v) is 16.5. The van der Waals surface area contributed by atoms with Crippen LogP contribution in [0.2, 0.25) is 0 Å². The second-order valence-electron chi connectivity index (χ2n) is 13.0. The first-order valence-electron chi connectivity index (χ1n) is 13.3. The van der Waals surface area contributed by atoms with Crippen LogP contribution in [0.3, 0.4) is 0 Å². The Bertz CT molecular complexity index is 1430. The van der Waals surface area contributed by atoms with Crippen LogP contribution in [0, 0.1) is 5.92 Å². The third-order valence-electron chi connectivity index (χ3n) is 7.84. The number of rotatable bonds is 3. The molecule has 1 heterocycles. The van der Waals surface area contributed by atoms with Gasteiger partial charge in [-0.1, -0.05) is 0 Å². The Balaban J connectivity index is 1.72. The van der Waals surface area contributed by atoms with Crippen LogP contribution in [0.25, 0.3) is 16.7 Å². The van der Waals surface area contributed by atoms with Gasteiger partial charge in [-0.05, 0) is 0 Å². The number of hydrogen-bond donors (Lipinski definition) is 0. The normalized spacial score (nSPS) is 17.0. The van der Waals surface area contributed by atoms with Gasteiger partial charge in [-0.2, -0.15) is 0 Å². The Kier molecular flexibility index (Phi) is 6.71. The second-order valence-corrected chi connectivity index (χ2v) is 21.0. The van der Waals surface area contributed by atoms with Gasteiger partial charge in [0.1, 0.15) is 0 Å². The molecule has 2 heteroatoms. The molecule has 0 amide bonds. The van der Waals surface area contributed by atoms with Gasteiger partial charge < -0.3 is 0 Å². The predicted octanol–water partition coefficient (Wildman–Crippen LogP) is 8.99. The maximum atomic E-state index is 2.63. The molecule has 0 saturated heterocycles. The van der Waals surface area contributed by atoms with Crippen molar-refractivity contribution in [1.29, 1.82) is 0 Å². The van der Waals surface area contributed by atoms with E-state index in [-0.39, 0.29) is 10.8 Å². The number of hydrogen-bond acceptors (Lipinski definition) is 1. The van der Waals surface area contributed by atoms with Gasteiger partial charge in [0.2, 0.25) is 0 Å². The molecule has 5 rings (SSSR count). The zero-order valence-electron chi connectivity index (χ0n) is 23.5. The summed E-state index contributed by atoms with van der Waals surface area (Å²) < 4.78 is 5.13. The van der Waals surface area contributed by atoms with Gasteiger partial charge in [0.15, 0.2) is 0 Å². The average Bonchev–Trinajstić information content (AvgIpc) is 3.51. The molecule has 0 aliphatic heterocycles. The first kappa shape index (κ1) is 26.0. The fourth-order valence-electron chi connectivity index (χ4n) is 5.71. The van der Waals surface area contributed by atoms with Crippen molar-refractivity contribution in [3.8, 4) is 11.1 Å². The fourth-order valence-corrected chi connectivity index (χ4v) is 14.0. The Hall–Kier alpha value is -1.63. The molecule has 0 bridgehead atoms. The summed E-state index contributed by atoms with van der Waals surface area (Å²) in [6.45, 7) is 21.4. The molecule has 1 aromatic heterocycles. The Morgan fingerprint density at radius 2 is 1.58 bits per heavy atom. The summed E-state index contributed by atoms with van der Waals surface area (Å²) >= 11 is -0.415. The molecule has 0 nitrogen and oxygen atoms in total. The van der Waals surface area contributed by atoms with Gasteiger partial charge in [0, 0.05) is 0 Å². The van der Waals surface area contributed by atoms with Crippen LogP contribution in [0.15, 0.2) is 63.3 Å². The molecular weight excluding hydrogens is 532 g/mol. The monoisotopic (exact) mass is 570 g/mol. The molecule has 2 aliphatic carbocycles. The summed E-state index contributed by atoms with van der Waals surface area (Å²) in [7, 11) is 0. The van der Waals surface area contributed by atoms with Crippen LogP contribution in [0.4, 0.5) is 0 Å². The summed E-state index contributed by atoms with van der Waals surface area (Å²) in [5.41, 5.74) is 10.8. The van der Waals surface area contributed by atoms with Crippen molar-refractivity contribution in [3.63, 3.8) is 0 Å². The van der Waals surface area contributed by atoms with E-state index in [0.29, 0.717) is 5.92 Å². The van der Waals surface area contributed by atoms with Crippen molar-refractivity contribution in [2.75, 3.05) is 0 Å². The van der Waals surface area contributed by atoms with Crippen molar-refractivity contribution in [2.24, 2.45) is 5.92 Å². The first-order chi connectivity index (χ1) is 16.8. The van der Waals surface area contributed by atoms with E-state index >= 15 is 0 Å². The molecule has 2 aromatic carbocycles. The second kappa shape index (κ2) is 9.29. The van der Waals surface area contributed by atoms with Crippen molar-refractivity contribution in [3.05, 3.63) is 90.4 Å². The molecule has 0 radical (unpaired) electrons. The van der Waals surface area contributed by atoms with E-state index in [1.54, 1.807) is 15.3 Å². The van der Waals surface area contributed by atoms with Gasteiger partial charge in [-0.15, -0.1) is 0 Å². The SMILES string of the molecule is C[C](C)=[Zr]([C]1=CC(c2cccs2)=CC1C)[c]1cc(C(C)(C)C)cc2c1Cc1ccc(C(C)(C)C)cc1-2. The summed E-state index contributed by atoms with van der Waals surface area (Å²) in [6.07, 6.45) is 6.18. The summed E-state index contributed by atoms with van der Waals surface area (Å²) in [5.74, 6) is 0.525. The van der Waals surface area contributed by atoms with Crippen LogP contribution in [0.5, 0.6) is 0 Å². The molecule has 2 aliphatic rings. The minimum atomic E-state index is -2.28. The predicted molar refractivity (Wildman–Crippen MR) is 158 cm³/mol. The van der Waals surface area contributed by atoms with Crippen molar-refractivity contribution in [1.82, 2.24) is 0 Å². The zero-order chi connectivity index (χ0) is 26.0. The molecular formula is C34H40SZr. The molecule has 1 unspecified atom stereocenters. The topological polar surface area (TPSA) is 0 Å². The molecule has 186 valence electrons.